The lowest BCUT2D eigenvalue weighted by Gasteiger charge is -2.44. The van der Waals surface area contributed by atoms with Gasteiger partial charge in [-0.05, 0) is 56.2 Å². The highest BCUT2D eigenvalue weighted by Gasteiger charge is 2.48. The van der Waals surface area contributed by atoms with Crippen LogP contribution in [-0.4, -0.2) is 56.1 Å². The number of nitrogens with one attached hydrogen (secondary N) is 1. The molecule has 2 aromatic heterocycles. The van der Waals surface area contributed by atoms with E-state index in [4.69, 9.17) is 4.42 Å². The second kappa shape index (κ2) is 11.5. The summed E-state index contributed by atoms with van der Waals surface area (Å²) >= 11 is 1.90. The number of hydrogen-bond acceptors (Lipinski definition) is 5. The number of hydrogen-bond donors (Lipinski definition) is 1. The van der Waals surface area contributed by atoms with Crippen molar-refractivity contribution in [1.82, 2.24) is 20.0 Å². The Morgan fingerprint density at radius 1 is 1.24 bits per heavy atom. The first kappa shape index (κ1) is 24.9. The van der Waals surface area contributed by atoms with Crippen LogP contribution in [0.5, 0.6) is 0 Å². The second-order valence-electron chi connectivity index (χ2n) is 9.76. The molecule has 0 saturated heterocycles. The quantitative estimate of drug-likeness (QED) is 0.498. The van der Waals surface area contributed by atoms with Gasteiger partial charge in [-0.2, -0.15) is 16.9 Å². The van der Waals surface area contributed by atoms with Gasteiger partial charge in [0.15, 0.2) is 5.76 Å². The lowest BCUT2D eigenvalue weighted by atomic mass is 9.92. The zero-order valence-electron chi connectivity index (χ0n) is 20.6. The van der Waals surface area contributed by atoms with E-state index in [-0.39, 0.29) is 17.9 Å². The first-order valence-corrected chi connectivity index (χ1v) is 14.0. The smallest absolute Gasteiger partial charge is 0.273 e. The molecule has 0 radical (unpaired) electrons. The maximum absolute atomic E-state index is 13.8. The number of furan rings is 1. The van der Waals surface area contributed by atoms with E-state index >= 15 is 0 Å². The van der Waals surface area contributed by atoms with Crippen LogP contribution < -0.4 is 5.32 Å². The van der Waals surface area contributed by atoms with Gasteiger partial charge in [0.2, 0.25) is 5.91 Å². The molecule has 1 atom stereocenters. The fraction of sp³-hybridized carbons (Fsp3) is 0.654. The van der Waals surface area contributed by atoms with Gasteiger partial charge in [-0.1, -0.05) is 39.0 Å². The van der Waals surface area contributed by atoms with Crippen LogP contribution in [0.15, 0.2) is 28.9 Å². The van der Waals surface area contributed by atoms with E-state index in [1.165, 1.54) is 19.3 Å². The van der Waals surface area contributed by atoms with Gasteiger partial charge in [0.05, 0.1) is 12.8 Å². The average molecular weight is 487 g/mol. The molecule has 4 rings (SSSR count). The molecule has 0 unspecified atom stereocenters. The van der Waals surface area contributed by atoms with Crippen molar-refractivity contribution in [3.63, 3.8) is 0 Å². The van der Waals surface area contributed by atoms with Crippen LogP contribution in [0.4, 0.5) is 0 Å². The van der Waals surface area contributed by atoms with Gasteiger partial charge in [0.1, 0.15) is 16.9 Å². The number of nitrogens with zero attached hydrogens (tertiary/aromatic N) is 3. The van der Waals surface area contributed by atoms with Crippen LogP contribution in [0, 0.1) is 0 Å². The van der Waals surface area contributed by atoms with E-state index in [1.807, 2.05) is 30.8 Å². The van der Waals surface area contributed by atoms with Crippen LogP contribution in [0.3, 0.4) is 0 Å². The summed E-state index contributed by atoms with van der Waals surface area (Å²) in [6, 6.07) is 5.61. The summed E-state index contributed by atoms with van der Waals surface area (Å²) in [5, 5.41) is 7.97. The summed E-state index contributed by atoms with van der Waals surface area (Å²) in [6.07, 6.45) is 11.7. The topological polar surface area (TPSA) is 80.4 Å². The molecule has 1 aliphatic heterocycles. The molecule has 2 aliphatic rings. The molecule has 3 heterocycles. The summed E-state index contributed by atoms with van der Waals surface area (Å²) < 4.78 is 7.20. The molecule has 8 heteroatoms. The SMILES string of the molecule is CCCSCCCN1C(=O)c2cc(-c3ccco3)nn2C[C@]1(C)C(=O)NC1CCCCCCC1. The maximum Gasteiger partial charge on any atom is 0.273 e. The molecular formula is C26H38N4O3S. The zero-order chi connectivity index (χ0) is 24.0. The van der Waals surface area contributed by atoms with Crippen molar-refractivity contribution in [2.24, 2.45) is 0 Å². The van der Waals surface area contributed by atoms with Gasteiger partial charge in [-0.15, -0.1) is 0 Å². The summed E-state index contributed by atoms with van der Waals surface area (Å²) in [6.45, 7) is 4.98. The van der Waals surface area contributed by atoms with Gasteiger partial charge in [-0.25, -0.2) is 0 Å². The third kappa shape index (κ3) is 5.53. The van der Waals surface area contributed by atoms with Crippen molar-refractivity contribution in [3.05, 3.63) is 30.2 Å². The molecule has 2 aromatic rings. The molecule has 186 valence electrons. The van der Waals surface area contributed by atoms with Gasteiger partial charge in [0.25, 0.3) is 5.91 Å². The lowest BCUT2D eigenvalue weighted by molar-refractivity contribution is -0.134. The number of amides is 2. The fourth-order valence-electron chi connectivity index (χ4n) is 5.05. The normalized spacial score (nSPS) is 21.7. The third-order valence-corrected chi connectivity index (χ3v) is 8.29. The summed E-state index contributed by atoms with van der Waals surface area (Å²) in [7, 11) is 0. The standard InChI is InChI=1S/C26H38N4O3S/c1-3-16-34-17-10-14-29-24(31)22-18-21(23-13-9-15-33-23)28-30(22)19-26(29,2)25(32)27-20-11-7-5-4-6-8-12-20/h9,13,15,18,20H,3-8,10-12,14,16-17,19H2,1-2H3,(H,27,32)/t26-/m1/s1. The molecule has 1 aliphatic carbocycles. The molecule has 7 nitrogen and oxygen atoms in total. The summed E-state index contributed by atoms with van der Waals surface area (Å²) in [4.78, 5) is 29.2. The Bertz CT molecular complexity index is 949. The van der Waals surface area contributed by atoms with Gasteiger partial charge < -0.3 is 14.6 Å². The van der Waals surface area contributed by atoms with Crippen LogP contribution in [0.2, 0.25) is 0 Å². The van der Waals surface area contributed by atoms with Gasteiger partial charge in [0, 0.05) is 18.7 Å². The predicted octanol–water partition coefficient (Wildman–Crippen LogP) is 5.12. The number of carbonyl (C=O) groups is 2. The molecule has 2 amide bonds. The Kier molecular flexibility index (Phi) is 8.40. The summed E-state index contributed by atoms with van der Waals surface area (Å²) in [5.41, 5.74) is 0.161. The van der Waals surface area contributed by atoms with Crippen LogP contribution in [0.25, 0.3) is 11.5 Å². The Labute approximate surface area is 207 Å². The molecular weight excluding hydrogens is 448 g/mol. The van der Waals surface area contributed by atoms with Crippen LogP contribution >= 0.6 is 11.8 Å². The van der Waals surface area contributed by atoms with E-state index < -0.39 is 5.54 Å². The Hall–Kier alpha value is -2.22. The van der Waals surface area contributed by atoms with Crippen molar-refractivity contribution in [1.29, 1.82) is 0 Å². The Morgan fingerprint density at radius 2 is 2.00 bits per heavy atom. The molecule has 1 fully saturated rings. The minimum atomic E-state index is -0.978. The second-order valence-corrected chi connectivity index (χ2v) is 11.0. The third-order valence-electron chi connectivity index (χ3n) is 7.02. The van der Waals surface area contributed by atoms with E-state index in [0.717, 1.165) is 50.0 Å². The highest BCUT2D eigenvalue weighted by molar-refractivity contribution is 7.99. The molecule has 0 bridgehead atoms. The highest BCUT2D eigenvalue weighted by atomic mass is 32.2. The van der Waals surface area contributed by atoms with E-state index in [0.29, 0.717) is 30.2 Å². The fourth-order valence-corrected chi connectivity index (χ4v) is 5.87. The largest absolute Gasteiger partial charge is 0.463 e. The minimum Gasteiger partial charge on any atom is -0.463 e. The van der Waals surface area contributed by atoms with Crippen molar-refractivity contribution in [2.75, 3.05) is 18.1 Å². The Balaban J connectivity index is 1.56. The number of fused-ring (bicyclic) bond motifs is 1. The van der Waals surface area contributed by atoms with E-state index in [2.05, 4.69) is 17.3 Å². The molecule has 1 saturated carbocycles. The van der Waals surface area contributed by atoms with Gasteiger partial charge >= 0.3 is 0 Å². The lowest BCUT2D eigenvalue weighted by Crippen LogP contribution is -2.65. The molecule has 34 heavy (non-hydrogen) atoms. The van der Waals surface area contributed by atoms with E-state index in [9.17, 15) is 9.59 Å². The minimum absolute atomic E-state index is 0.0617. The van der Waals surface area contributed by atoms with Crippen molar-refractivity contribution in [2.45, 2.75) is 89.8 Å². The number of aromatic nitrogens is 2. The average Bonchev–Trinajstić information content (AvgIpc) is 3.47. The molecule has 0 aromatic carbocycles. The first-order valence-electron chi connectivity index (χ1n) is 12.9. The Morgan fingerprint density at radius 3 is 2.71 bits per heavy atom. The monoisotopic (exact) mass is 486 g/mol. The number of carbonyl (C=O) groups excluding carboxylic acids is 2. The van der Waals surface area contributed by atoms with Crippen LogP contribution in [-0.2, 0) is 11.3 Å². The van der Waals surface area contributed by atoms with Crippen molar-refractivity contribution in [3.8, 4) is 11.5 Å². The van der Waals surface area contributed by atoms with E-state index in [1.54, 1.807) is 21.9 Å². The maximum atomic E-state index is 13.8. The molecule has 1 N–H and O–H groups in total. The first-order chi connectivity index (χ1) is 16.5. The number of thioether (sulfide) groups is 1. The van der Waals surface area contributed by atoms with Crippen molar-refractivity contribution < 1.29 is 14.0 Å². The van der Waals surface area contributed by atoms with Crippen molar-refractivity contribution >= 4 is 23.6 Å². The predicted molar refractivity (Wildman–Crippen MR) is 136 cm³/mol. The van der Waals surface area contributed by atoms with Crippen LogP contribution in [0.1, 0.15) is 82.1 Å². The zero-order valence-corrected chi connectivity index (χ0v) is 21.4. The van der Waals surface area contributed by atoms with Gasteiger partial charge in [-0.3, -0.25) is 14.3 Å². The highest BCUT2D eigenvalue weighted by Crippen LogP contribution is 2.31. The summed E-state index contributed by atoms with van der Waals surface area (Å²) in [5.74, 6) is 2.53. The number of rotatable bonds is 9. The molecule has 0 spiro atoms.